The van der Waals surface area contributed by atoms with Gasteiger partial charge in [0.2, 0.25) is 0 Å². The predicted molar refractivity (Wildman–Crippen MR) is 84.2 cm³/mol. The predicted octanol–water partition coefficient (Wildman–Crippen LogP) is 3.23. The van der Waals surface area contributed by atoms with E-state index in [2.05, 4.69) is 39.8 Å². The van der Waals surface area contributed by atoms with Crippen molar-refractivity contribution < 1.29 is 9.84 Å². The van der Waals surface area contributed by atoms with Crippen LogP contribution in [0.4, 0.5) is 0 Å². The number of benzene rings is 1. The number of hydrogen-bond acceptors (Lipinski definition) is 3. The Morgan fingerprint density at radius 3 is 2.35 bits per heavy atom. The summed E-state index contributed by atoms with van der Waals surface area (Å²) >= 11 is 0. The molecular weight excluding hydrogens is 250 g/mol. The van der Waals surface area contributed by atoms with Crippen LogP contribution in [0.3, 0.4) is 0 Å². The molecule has 0 fully saturated rings. The molecule has 0 bridgehead atoms. The van der Waals surface area contributed by atoms with Crippen LogP contribution in [-0.2, 0) is 0 Å². The quantitative estimate of drug-likeness (QED) is 0.805. The Bertz CT molecular complexity index is 415. The molecule has 3 heteroatoms. The molecule has 0 aliphatic rings. The van der Waals surface area contributed by atoms with Gasteiger partial charge in [0.15, 0.2) is 0 Å². The minimum absolute atomic E-state index is 0.0562. The molecule has 3 N–H and O–H groups in total. The van der Waals surface area contributed by atoms with Gasteiger partial charge in [-0.15, -0.1) is 0 Å². The monoisotopic (exact) mass is 279 g/mol. The van der Waals surface area contributed by atoms with Gasteiger partial charge in [-0.3, -0.25) is 0 Å². The molecule has 1 aromatic carbocycles. The molecular formula is C17H29NO2. The molecule has 1 aromatic rings. The van der Waals surface area contributed by atoms with Crippen LogP contribution in [0.15, 0.2) is 18.2 Å². The number of ether oxygens (including phenoxy) is 1. The first-order chi connectivity index (χ1) is 9.35. The number of aliphatic hydroxyl groups is 1. The maximum absolute atomic E-state index is 9.56. The van der Waals surface area contributed by atoms with Gasteiger partial charge in [-0.05, 0) is 42.4 Å². The molecule has 0 aliphatic carbocycles. The second kappa shape index (κ2) is 7.65. The smallest absolute Gasteiger partial charge is 0.137 e. The van der Waals surface area contributed by atoms with E-state index >= 15 is 0 Å². The Kier molecular flexibility index (Phi) is 6.50. The summed E-state index contributed by atoms with van der Waals surface area (Å²) < 4.78 is 6.02. The van der Waals surface area contributed by atoms with Crippen molar-refractivity contribution in [3.63, 3.8) is 0 Å². The fourth-order valence-corrected chi connectivity index (χ4v) is 2.34. The summed E-state index contributed by atoms with van der Waals surface area (Å²) in [7, 11) is 0. The second-order valence-corrected chi connectivity index (χ2v) is 6.33. The van der Waals surface area contributed by atoms with Gasteiger partial charge in [0, 0.05) is 6.04 Å². The van der Waals surface area contributed by atoms with E-state index in [0.717, 1.165) is 23.3 Å². The van der Waals surface area contributed by atoms with E-state index in [1.807, 2.05) is 13.0 Å². The van der Waals surface area contributed by atoms with Crippen LogP contribution in [-0.4, -0.2) is 23.9 Å². The lowest BCUT2D eigenvalue weighted by Gasteiger charge is -2.26. The lowest BCUT2D eigenvalue weighted by molar-refractivity contribution is 0.0870. The molecule has 1 rings (SSSR count). The SMILES string of the molecule is Cc1ccc(C(C)C)c(OC(CO)C(N)CC(C)C)c1. The van der Waals surface area contributed by atoms with Crippen LogP contribution in [0.5, 0.6) is 5.75 Å². The van der Waals surface area contributed by atoms with E-state index in [1.54, 1.807) is 0 Å². The zero-order chi connectivity index (χ0) is 15.3. The summed E-state index contributed by atoms with van der Waals surface area (Å²) in [5, 5.41) is 9.56. The van der Waals surface area contributed by atoms with Crippen LogP contribution in [0.1, 0.15) is 51.2 Å². The third-order valence-electron chi connectivity index (χ3n) is 3.47. The van der Waals surface area contributed by atoms with Gasteiger partial charge >= 0.3 is 0 Å². The van der Waals surface area contributed by atoms with Crippen molar-refractivity contribution in [3.8, 4) is 5.75 Å². The van der Waals surface area contributed by atoms with Gasteiger partial charge in [-0.2, -0.15) is 0 Å². The van der Waals surface area contributed by atoms with E-state index in [1.165, 1.54) is 0 Å². The largest absolute Gasteiger partial charge is 0.486 e. The molecule has 0 spiro atoms. The maximum Gasteiger partial charge on any atom is 0.137 e. The van der Waals surface area contributed by atoms with Crippen LogP contribution in [0.25, 0.3) is 0 Å². The first-order valence-electron chi connectivity index (χ1n) is 7.48. The first-order valence-corrected chi connectivity index (χ1v) is 7.48. The molecule has 0 aromatic heterocycles. The number of hydrogen-bond donors (Lipinski definition) is 2. The third kappa shape index (κ3) is 4.80. The van der Waals surface area contributed by atoms with Gasteiger partial charge in [0.1, 0.15) is 11.9 Å². The summed E-state index contributed by atoms with van der Waals surface area (Å²) in [6.45, 7) is 10.5. The van der Waals surface area contributed by atoms with Crippen molar-refractivity contribution in [2.24, 2.45) is 11.7 Å². The van der Waals surface area contributed by atoms with Gasteiger partial charge < -0.3 is 15.6 Å². The van der Waals surface area contributed by atoms with Crippen molar-refractivity contribution >= 4 is 0 Å². The second-order valence-electron chi connectivity index (χ2n) is 6.33. The van der Waals surface area contributed by atoms with E-state index in [0.29, 0.717) is 11.8 Å². The summed E-state index contributed by atoms with van der Waals surface area (Å²) in [5.41, 5.74) is 8.47. The molecule has 0 amide bonds. The molecule has 0 saturated heterocycles. The Labute approximate surface area is 123 Å². The summed E-state index contributed by atoms with van der Waals surface area (Å²) in [6, 6.07) is 6.06. The Balaban J connectivity index is 2.91. The molecule has 0 aliphatic heterocycles. The average Bonchev–Trinajstić information content (AvgIpc) is 2.34. The minimum atomic E-state index is -0.350. The highest BCUT2D eigenvalue weighted by molar-refractivity contribution is 5.39. The number of nitrogens with two attached hydrogens (primary N) is 1. The molecule has 2 unspecified atom stereocenters. The highest BCUT2D eigenvalue weighted by Crippen LogP contribution is 2.29. The summed E-state index contributed by atoms with van der Waals surface area (Å²) in [6.07, 6.45) is 0.491. The van der Waals surface area contributed by atoms with Crippen LogP contribution in [0.2, 0.25) is 0 Å². The van der Waals surface area contributed by atoms with Gasteiger partial charge in [0.05, 0.1) is 6.61 Å². The van der Waals surface area contributed by atoms with E-state index in [9.17, 15) is 5.11 Å². The molecule has 0 heterocycles. The van der Waals surface area contributed by atoms with Gasteiger partial charge in [-0.1, -0.05) is 39.8 Å². The van der Waals surface area contributed by atoms with Crippen LogP contribution in [0, 0.1) is 12.8 Å². The summed E-state index contributed by atoms with van der Waals surface area (Å²) in [4.78, 5) is 0. The Morgan fingerprint density at radius 2 is 1.85 bits per heavy atom. The third-order valence-corrected chi connectivity index (χ3v) is 3.47. The van der Waals surface area contributed by atoms with Crippen LogP contribution < -0.4 is 10.5 Å². The lowest BCUT2D eigenvalue weighted by atomic mass is 9.98. The lowest BCUT2D eigenvalue weighted by Crippen LogP contribution is -2.42. The molecule has 3 nitrogen and oxygen atoms in total. The van der Waals surface area contributed by atoms with E-state index < -0.39 is 0 Å². The molecule has 2 atom stereocenters. The van der Waals surface area contributed by atoms with Crippen molar-refractivity contribution in [1.82, 2.24) is 0 Å². The number of aryl methyl sites for hydroxylation is 1. The van der Waals surface area contributed by atoms with Crippen molar-refractivity contribution in [1.29, 1.82) is 0 Å². The molecule has 0 saturated carbocycles. The number of aliphatic hydroxyl groups excluding tert-OH is 1. The van der Waals surface area contributed by atoms with Gasteiger partial charge in [0.25, 0.3) is 0 Å². The topological polar surface area (TPSA) is 55.5 Å². The normalized spacial score (nSPS) is 14.7. The highest BCUT2D eigenvalue weighted by Gasteiger charge is 2.21. The fourth-order valence-electron chi connectivity index (χ4n) is 2.34. The standard InChI is InChI=1S/C17H29NO2/c1-11(2)8-15(18)17(10-19)20-16-9-13(5)6-7-14(16)12(3)4/h6-7,9,11-12,15,17,19H,8,10,18H2,1-5H3. The molecule has 0 radical (unpaired) electrons. The molecule has 20 heavy (non-hydrogen) atoms. The fraction of sp³-hybridized carbons (Fsp3) is 0.647. The van der Waals surface area contributed by atoms with E-state index in [-0.39, 0.29) is 18.8 Å². The first kappa shape index (κ1) is 17.0. The Hall–Kier alpha value is -1.06. The van der Waals surface area contributed by atoms with Gasteiger partial charge in [-0.25, -0.2) is 0 Å². The Morgan fingerprint density at radius 1 is 1.20 bits per heavy atom. The minimum Gasteiger partial charge on any atom is -0.486 e. The van der Waals surface area contributed by atoms with Crippen LogP contribution >= 0.6 is 0 Å². The maximum atomic E-state index is 9.56. The van der Waals surface area contributed by atoms with Crippen molar-refractivity contribution in [3.05, 3.63) is 29.3 Å². The van der Waals surface area contributed by atoms with Crippen molar-refractivity contribution in [2.45, 2.75) is 59.1 Å². The summed E-state index contributed by atoms with van der Waals surface area (Å²) in [5.74, 6) is 1.72. The number of rotatable bonds is 7. The zero-order valence-corrected chi connectivity index (χ0v) is 13.4. The van der Waals surface area contributed by atoms with Crippen molar-refractivity contribution in [2.75, 3.05) is 6.61 Å². The van der Waals surface area contributed by atoms with E-state index in [4.69, 9.17) is 10.5 Å². The molecule has 114 valence electrons. The highest BCUT2D eigenvalue weighted by atomic mass is 16.5. The average molecular weight is 279 g/mol. The zero-order valence-electron chi connectivity index (χ0n) is 13.4.